The predicted molar refractivity (Wildman–Crippen MR) is 137 cm³/mol. The lowest BCUT2D eigenvalue weighted by atomic mass is 9.95. The minimum absolute atomic E-state index is 0.212. The first kappa shape index (κ1) is 22.9. The molecule has 3 N–H and O–H groups in total. The lowest BCUT2D eigenvalue weighted by molar-refractivity contribution is -0.122. The van der Waals surface area contributed by atoms with Gasteiger partial charge in [0.05, 0.1) is 30.4 Å². The minimum Gasteiger partial charge on any atom is -0.389 e. The van der Waals surface area contributed by atoms with E-state index in [2.05, 4.69) is 10.3 Å². The van der Waals surface area contributed by atoms with Crippen molar-refractivity contribution >= 4 is 50.5 Å². The van der Waals surface area contributed by atoms with Gasteiger partial charge in [-0.1, -0.05) is 18.2 Å². The maximum Gasteiger partial charge on any atom is 0.259 e. The van der Waals surface area contributed by atoms with Crippen LogP contribution in [-0.4, -0.2) is 59.9 Å². The fourth-order valence-corrected chi connectivity index (χ4v) is 4.69. The summed E-state index contributed by atoms with van der Waals surface area (Å²) < 4.78 is 7.30. The van der Waals surface area contributed by atoms with Gasteiger partial charge in [0.25, 0.3) is 11.8 Å². The molecule has 0 aliphatic carbocycles. The molecule has 0 fully saturated rings. The van der Waals surface area contributed by atoms with Crippen LogP contribution in [0.3, 0.4) is 0 Å². The summed E-state index contributed by atoms with van der Waals surface area (Å²) in [6, 6.07) is 13.7. The summed E-state index contributed by atoms with van der Waals surface area (Å²) in [6.45, 7) is 2.91. The summed E-state index contributed by atoms with van der Waals surface area (Å²) in [5, 5.41) is 14.7. The van der Waals surface area contributed by atoms with Crippen LogP contribution in [0.1, 0.15) is 18.1 Å². The summed E-state index contributed by atoms with van der Waals surface area (Å²) >= 11 is 0. The highest BCUT2D eigenvalue weighted by Gasteiger charge is 2.35. The van der Waals surface area contributed by atoms with Crippen molar-refractivity contribution in [3.05, 3.63) is 66.0 Å². The third-order valence-electron chi connectivity index (χ3n) is 6.36. The molecule has 2 amide bonds. The van der Waals surface area contributed by atoms with Crippen LogP contribution in [0, 0.1) is 0 Å². The Hall–Kier alpha value is -3.88. The number of aliphatic hydroxyl groups excluding tert-OH is 1. The normalized spacial score (nSPS) is 14.9. The number of carbonyl (C=O) groups is 2. The molecule has 180 valence electrons. The van der Waals surface area contributed by atoms with E-state index < -0.39 is 17.9 Å². The number of para-hydroxylation sites is 1. The van der Waals surface area contributed by atoms with E-state index in [1.807, 2.05) is 79.1 Å². The fourth-order valence-electron chi connectivity index (χ4n) is 4.69. The molecule has 0 saturated heterocycles. The van der Waals surface area contributed by atoms with Crippen molar-refractivity contribution in [2.45, 2.75) is 19.6 Å². The summed E-state index contributed by atoms with van der Waals surface area (Å²) in [6.07, 6.45) is 2.91. The van der Waals surface area contributed by atoms with Crippen LogP contribution in [-0.2, 0) is 20.9 Å². The third kappa shape index (κ3) is 4.00. The molecular formula is C27H28N4O4. The number of H-pyrrole nitrogens is 1. The van der Waals surface area contributed by atoms with Gasteiger partial charge in [-0.05, 0) is 31.2 Å². The minimum atomic E-state index is -0.715. The molecule has 0 spiro atoms. The standard InChI is InChI=1S/C27H28N4O4/c1-4-35-15-17(32)13-31-14-21(19-11-16(30(2)3)9-10-23(19)31)25-24(26(33)29-27(25)34)20-12-28-22-8-6-5-7-18(20)22/h5-12,14,17,28,32H,4,13,15H2,1-3H3,(H,29,33,34). The van der Waals surface area contributed by atoms with Crippen molar-refractivity contribution < 1.29 is 19.4 Å². The number of carbonyl (C=O) groups excluding carboxylic acids is 2. The van der Waals surface area contributed by atoms with E-state index in [-0.39, 0.29) is 6.61 Å². The lowest BCUT2D eigenvalue weighted by Gasteiger charge is -2.14. The van der Waals surface area contributed by atoms with Crippen LogP contribution >= 0.6 is 0 Å². The number of ether oxygens (including phenoxy) is 1. The number of nitrogens with zero attached hydrogens (tertiary/aromatic N) is 2. The van der Waals surface area contributed by atoms with Crippen LogP contribution in [0.2, 0.25) is 0 Å². The molecule has 0 radical (unpaired) electrons. The zero-order chi connectivity index (χ0) is 24.7. The summed E-state index contributed by atoms with van der Waals surface area (Å²) in [4.78, 5) is 31.4. The highest BCUT2D eigenvalue weighted by molar-refractivity contribution is 6.50. The van der Waals surface area contributed by atoms with Crippen LogP contribution in [0.25, 0.3) is 33.0 Å². The van der Waals surface area contributed by atoms with Gasteiger partial charge in [0, 0.05) is 71.7 Å². The topological polar surface area (TPSA) is 99.6 Å². The maximum atomic E-state index is 13.2. The van der Waals surface area contributed by atoms with Crippen molar-refractivity contribution in [3.63, 3.8) is 0 Å². The SMILES string of the molecule is CCOCC(O)Cn1cc(C2=C(c3c[nH]c4ccccc34)C(=O)NC2=O)c2cc(N(C)C)ccc21. The molecule has 2 aromatic carbocycles. The Morgan fingerprint density at radius 2 is 1.77 bits per heavy atom. The molecule has 0 bridgehead atoms. The van der Waals surface area contributed by atoms with Crippen molar-refractivity contribution in [1.82, 2.24) is 14.9 Å². The Labute approximate surface area is 202 Å². The third-order valence-corrected chi connectivity index (χ3v) is 6.36. The van der Waals surface area contributed by atoms with E-state index in [0.29, 0.717) is 35.4 Å². The number of imide groups is 1. The maximum absolute atomic E-state index is 13.2. The quantitative estimate of drug-likeness (QED) is 0.342. The highest BCUT2D eigenvalue weighted by atomic mass is 16.5. The summed E-state index contributed by atoms with van der Waals surface area (Å²) in [7, 11) is 3.90. The number of benzene rings is 2. The molecule has 1 aliphatic rings. The molecular weight excluding hydrogens is 444 g/mol. The molecule has 35 heavy (non-hydrogen) atoms. The van der Waals surface area contributed by atoms with E-state index in [4.69, 9.17) is 4.74 Å². The first-order valence-corrected chi connectivity index (χ1v) is 11.6. The molecule has 1 atom stereocenters. The molecule has 1 unspecified atom stereocenters. The number of nitrogens with one attached hydrogen (secondary N) is 2. The number of amides is 2. The predicted octanol–water partition coefficient (Wildman–Crippen LogP) is 3.15. The van der Waals surface area contributed by atoms with E-state index in [9.17, 15) is 14.7 Å². The molecule has 8 heteroatoms. The molecule has 4 aromatic rings. The number of aromatic amines is 1. The number of rotatable bonds is 8. The smallest absolute Gasteiger partial charge is 0.259 e. The molecule has 5 rings (SSSR count). The van der Waals surface area contributed by atoms with Gasteiger partial charge in [0.15, 0.2) is 0 Å². The Morgan fingerprint density at radius 1 is 1.03 bits per heavy atom. The number of anilines is 1. The zero-order valence-electron chi connectivity index (χ0n) is 20.0. The van der Waals surface area contributed by atoms with E-state index in [0.717, 1.165) is 27.5 Å². The van der Waals surface area contributed by atoms with Crippen molar-refractivity contribution in [3.8, 4) is 0 Å². The molecule has 1 aliphatic heterocycles. The van der Waals surface area contributed by atoms with Gasteiger partial charge in [-0.15, -0.1) is 0 Å². The average molecular weight is 473 g/mol. The van der Waals surface area contributed by atoms with Gasteiger partial charge in [-0.3, -0.25) is 14.9 Å². The van der Waals surface area contributed by atoms with Gasteiger partial charge in [-0.2, -0.15) is 0 Å². The van der Waals surface area contributed by atoms with Gasteiger partial charge >= 0.3 is 0 Å². The average Bonchev–Trinajstić information content (AvgIpc) is 3.50. The first-order valence-electron chi connectivity index (χ1n) is 11.6. The lowest BCUT2D eigenvalue weighted by Crippen LogP contribution is -2.22. The molecule has 3 heterocycles. The van der Waals surface area contributed by atoms with Gasteiger partial charge < -0.3 is 24.3 Å². The van der Waals surface area contributed by atoms with Crippen LogP contribution in [0.5, 0.6) is 0 Å². The number of fused-ring (bicyclic) bond motifs is 2. The van der Waals surface area contributed by atoms with Crippen LogP contribution in [0.15, 0.2) is 54.9 Å². The van der Waals surface area contributed by atoms with E-state index in [1.54, 1.807) is 6.20 Å². The summed E-state index contributed by atoms with van der Waals surface area (Å²) in [5.41, 5.74) is 4.72. The second-order valence-corrected chi connectivity index (χ2v) is 8.89. The Morgan fingerprint density at radius 3 is 2.51 bits per heavy atom. The molecule has 0 saturated carbocycles. The van der Waals surface area contributed by atoms with Crippen molar-refractivity contribution in [2.24, 2.45) is 0 Å². The van der Waals surface area contributed by atoms with Crippen LogP contribution in [0.4, 0.5) is 5.69 Å². The second-order valence-electron chi connectivity index (χ2n) is 8.89. The number of aliphatic hydroxyl groups is 1. The second kappa shape index (κ2) is 9.05. The van der Waals surface area contributed by atoms with Crippen molar-refractivity contribution in [1.29, 1.82) is 0 Å². The monoisotopic (exact) mass is 472 g/mol. The first-order chi connectivity index (χ1) is 16.9. The number of hydrogen-bond donors (Lipinski definition) is 3. The molecule has 2 aromatic heterocycles. The zero-order valence-corrected chi connectivity index (χ0v) is 20.0. The van der Waals surface area contributed by atoms with E-state index >= 15 is 0 Å². The largest absolute Gasteiger partial charge is 0.389 e. The van der Waals surface area contributed by atoms with Gasteiger partial charge in [0.2, 0.25) is 0 Å². The molecule has 8 nitrogen and oxygen atoms in total. The van der Waals surface area contributed by atoms with Crippen LogP contribution < -0.4 is 10.2 Å². The van der Waals surface area contributed by atoms with Gasteiger partial charge in [-0.25, -0.2) is 0 Å². The number of hydrogen-bond acceptors (Lipinski definition) is 5. The van der Waals surface area contributed by atoms with E-state index in [1.165, 1.54) is 0 Å². The van der Waals surface area contributed by atoms with Crippen molar-refractivity contribution in [2.75, 3.05) is 32.2 Å². The fraction of sp³-hybridized carbons (Fsp3) is 0.259. The highest BCUT2D eigenvalue weighted by Crippen LogP contribution is 2.39. The summed E-state index contributed by atoms with van der Waals surface area (Å²) in [5.74, 6) is -0.852. The Bertz CT molecular complexity index is 1480. The Balaban J connectivity index is 1.74. The number of aromatic nitrogens is 2. The van der Waals surface area contributed by atoms with Gasteiger partial charge in [0.1, 0.15) is 0 Å². The Kier molecular flexibility index (Phi) is 5.92.